The molecule has 0 bridgehead atoms. The van der Waals surface area contributed by atoms with E-state index >= 15 is 0 Å². The normalized spacial score (nSPS) is 10.5. The Morgan fingerprint density at radius 3 is 2.85 bits per heavy atom. The first-order valence-corrected chi connectivity index (χ1v) is 4.41. The molecule has 2 aromatic rings. The van der Waals surface area contributed by atoms with Crippen LogP contribution in [0.1, 0.15) is 9.67 Å². The van der Waals surface area contributed by atoms with Gasteiger partial charge in [-0.05, 0) is 12.1 Å². The standard InChI is InChI=1S/C9H5FO2S/c10-5-2-1-3-6-8(5)9(12)7(4-11)13-6/h1-4,12H. The van der Waals surface area contributed by atoms with Gasteiger partial charge in [0.1, 0.15) is 16.4 Å². The molecule has 0 aliphatic rings. The number of carbonyl (C=O) groups excluding carboxylic acids is 1. The molecule has 0 aliphatic heterocycles. The van der Waals surface area contributed by atoms with Gasteiger partial charge in [0.05, 0.1) is 5.39 Å². The molecule has 0 saturated carbocycles. The minimum absolute atomic E-state index is 0.134. The molecule has 0 radical (unpaired) electrons. The van der Waals surface area contributed by atoms with Crippen molar-refractivity contribution in [3.63, 3.8) is 0 Å². The number of rotatable bonds is 1. The molecule has 1 aromatic heterocycles. The lowest BCUT2D eigenvalue weighted by Crippen LogP contribution is -1.74. The number of fused-ring (bicyclic) bond motifs is 1. The van der Waals surface area contributed by atoms with Crippen LogP contribution in [-0.4, -0.2) is 11.4 Å². The van der Waals surface area contributed by atoms with Gasteiger partial charge in [-0.2, -0.15) is 0 Å². The molecule has 0 aliphatic carbocycles. The molecule has 1 aromatic carbocycles. The Morgan fingerprint density at radius 2 is 2.23 bits per heavy atom. The Hall–Kier alpha value is -1.42. The van der Waals surface area contributed by atoms with Crippen molar-refractivity contribution in [2.75, 3.05) is 0 Å². The Balaban J connectivity index is 2.92. The van der Waals surface area contributed by atoms with Crippen LogP contribution < -0.4 is 0 Å². The van der Waals surface area contributed by atoms with Crippen LogP contribution in [0.2, 0.25) is 0 Å². The quantitative estimate of drug-likeness (QED) is 0.711. The first kappa shape index (κ1) is 8.19. The summed E-state index contributed by atoms with van der Waals surface area (Å²) in [6, 6.07) is 4.46. The summed E-state index contributed by atoms with van der Waals surface area (Å²) in [5, 5.41) is 9.54. The van der Waals surface area contributed by atoms with Crippen molar-refractivity contribution >= 4 is 27.7 Å². The van der Waals surface area contributed by atoms with E-state index in [1.807, 2.05) is 0 Å². The summed E-state index contributed by atoms with van der Waals surface area (Å²) in [6.45, 7) is 0. The Bertz CT molecular complexity index is 476. The van der Waals surface area contributed by atoms with Gasteiger partial charge in [-0.25, -0.2) is 4.39 Å². The molecule has 13 heavy (non-hydrogen) atoms. The van der Waals surface area contributed by atoms with Crippen LogP contribution in [0.5, 0.6) is 5.75 Å². The zero-order valence-electron chi connectivity index (χ0n) is 6.45. The van der Waals surface area contributed by atoms with Crippen molar-refractivity contribution in [2.45, 2.75) is 0 Å². The number of benzene rings is 1. The molecule has 66 valence electrons. The Morgan fingerprint density at radius 1 is 1.46 bits per heavy atom. The van der Waals surface area contributed by atoms with Crippen LogP contribution >= 0.6 is 11.3 Å². The lowest BCUT2D eigenvalue weighted by molar-refractivity contribution is 0.112. The lowest BCUT2D eigenvalue weighted by Gasteiger charge is -1.91. The smallest absolute Gasteiger partial charge is 0.163 e. The van der Waals surface area contributed by atoms with Gasteiger partial charge in [0.25, 0.3) is 0 Å². The fourth-order valence-corrected chi connectivity index (χ4v) is 2.12. The zero-order chi connectivity index (χ0) is 9.42. The molecule has 0 saturated heterocycles. The molecular weight excluding hydrogens is 191 g/mol. The second-order valence-corrected chi connectivity index (χ2v) is 3.63. The molecule has 1 N–H and O–H groups in total. The van der Waals surface area contributed by atoms with E-state index in [9.17, 15) is 14.3 Å². The minimum atomic E-state index is -0.501. The van der Waals surface area contributed by atoms with Crippen LogP contribution in [-0.2, 0) is 0 Å². The van der Waals surface area contributed by atoms with Crippen molar-refractivity contribution < 1.29 is 14.3 Å². The van der Waals surface area contributed by atoms with Gasteiger partial charge >= 0.3 is 0 Å². The summed E-state index contributed by atoms with van der Waals surface area (Å²) in [5.74, 6) is -0.757. The molecule has 0 amide bonds. The van der Waals surface area contributed by atoms with E-state index in [1.54, 1.807) is 12.1 Å². The molecule has 2 nitrogen and oxygen atoms in total. The summed E-state index contributed by atoms with van der Waals surface area (Å²) in [5.41, 5.74) is 0. The fraction of sp³-hybridized carbons (Fsp3) is 0. The Kier molecular flexibility index (Phi) is 1.77. The topological polar surface area (TPSA) is 37.3 Å². The maximum absolute atomic E-state index is 13.1. The van der Waals surface area contributed by atoms with Crippen LogP contribution in [0.15, 0.2) is 18.2 Å². The van der Waals surface area contributed by atoms with E-state index in [-0.39, 0.29) is 16.0 Å². The summed E-state index contributed by atoms with van der Waals surface area (Å²) in [6.07, 6.45) is 0.527. The summed E-state index contributed by atoms with van der Waals surface area (Å²) < 4.78 is 13.7. The SMILES string of the molecule is O=Cc1sc2cccc(F)c2c1O. The summed E-state index contributed by atoms with van der Waals surface area (Å²) in [4.78, 5) is 10.6. The summed E-state index contributed by atoms with van der Waals surface area (Å²) >= 11 is 1.08. The van der Waals surface area contributed by atoms with E-state index in [0.29, 0.717) is 11.0 Å². The number of hydrogen-bond donors (Lipinski definition) is 1. The molecule has 0 atom stereocenters. The van der Waals surface area contributed by atoms with Crippen LogP contribution in [0.3, 0.4) is 0 Å². The second kappa shape index (κ2) is 2.81. The fourth-order valence-electron chi connectivity index (χ4n) is 1.19. The van der Waals surface area contributed by atoms with Gasteiger partial charge < -0.3 is 5.11 Å². The number of aromatic hydroxyl groups is 1. The van der Waals surface area contributed by atoms with E-state index < -0.39 is 5.82 Å². The highest BCUT2D eigenvalue weighted by molar-refractivity contribution is 7.21. The van der Waals surface area contributed by atoms with E-state index in [4.69, 9.17) is 0 Å². The van der Waals surface area contributed by atoms with Crippen molar-refractivity contribution in [1.82, 2.24) is 0 Å². The molecule has 2 rings (SSSR count). The minimum Gasteiger partial charge on any atom is -0.506 e. The number of thiophene rings is 1. The third kappa shape index (κ3) is 1.10. The largest absolute Gasteiger partial charge is 0.506 e. The van der Waals surface area contributed by atoms with Crippen LogP contribution in [0.4, 0.5) is 4.39 Å². The molecule has 4 heteroatoms. The number of halogens is 1. The van der Waals surface area contributed by atoms with Gasteiger partial charge in [-0.1, -0.05) is 6.07 Å². The highest BCUT2D eigenvalue weighted by Gasteiger charge is 2.13. The maximum Gasteiger partial charge on any atom is 0.163 e. The predicted molar refractivity (Wildman–Crippen MR) is 48.8 cm³/mol. The van der Waals surface area contributed by atoms with Gasteiger partial charge in [-0.15, -0.1) is 11.3 Å². The van der Waals surface area contributed by atoms with Crippen LogP contribution in [0.25, 0.3) is 10.1 Å². The summed E-state index contributed by atoms with van der Waals surface area (Å²) in [7, 11) is 0. The maximum atomic E-state index is 13.1. The molecule has 0 spiro atoms. The lowest BCUT2D eigenvalue weighted by atomic mass is 10.2. The van der Waals surface area contributed by atoms with Crippen molar-refractivity contribution in [1.29, 1.82) is 0 Å². The first-order valence-electron chi connectivity index (χ1n) is 3.59. The van der Waals surface area contributed by atoms with Gasteiger partial charge in [0.2, 0.25) is 0 Å². The molecular formula is C9H5FO2S. The highest BCUT2D eigenvalue weighted by Crippen LogP contribution is 2.36. The highest BCUT2D eigenvalue weighted by atomic mass is 32.1. The third-order valence-electron chi connectivity index (χ3n) is 1.77. The number of hydrogen-bond acceptors (Lipinski definition) is 3. The van der Waals surface area contributed by atoms with E-state index in [0.717, 1.165) is 11.3 Å². The van der Waals surface area contributed by atoms with Crippen LogP contribution in [0, 0.1) is 5.82 Å². The monoisotopic (exact) mass is 196 g/mol. The van der Waals surface area contributed by atoms with E-state index in [2.05, 4.69) is 0 Å². The number of aldehydes is 1. The van der Waals surface area contributed by atoms with Crippen molar-refractivity contribution in [3.05, 3.63) is 28.9 Å². The van der Waals surface area contributed by atoms with Gasteiger partial charge in [0, 0.05) is 4.70 Å². The number of carbonyl (C=O) groups is 1. The first-order chi connectivity index (χ1) is 6.24. The zero-order valence-corrected chi connectivity index (χ0v) is 7.27. The molecule has 1 heterocycles. The third-order valence-corrected chi connectivity index (χ3v) is 2.84. The second-order valence-electron chi connectivity index (χ2n) is 2.55. The van der Waals surface area contributed by atoms with Gasteiger partial charge in [0.15, 0.2) is 6.29 Å². The van der Waals surface area contributed by atoms with Gasteiger partial charge in [-0.3, -0.25) is 4.79 Å². The molecule has 0 unspecified atom stereocenters. The average Bonchev–Trinajstić information content (AvgIpc) is 2.44. The van der Waals surface area contributed by atoms with Crippen molar-refractivity contribution in [2.24, 2.45) is 0 Å². The Labute approximate surface area is 77.2 Å². The predicted octanol–water partition coefficient (Wildman–Crippen LogP) is 2.56. The average molecular weight is 196 g/mol. The van der Waals surface area contributed by atoms with E-state index in [1.165, 1.54) is 6.07 Å². The molecule has 0 fully saturated rings. The van der Waals surface area contributed by atoms with Crippen molar-refractivity contribution in [3.8, 4) is 5.75 Å².